The van der Waals surface area contributed by atoms with Crippen molar-refractivity contribution in [3.05, 3.63) is 0 Å². The van der Waals surface area contributed by atoms with Gasteiger partial charge in [0, 0.05) is 5.92 Å². The summed E-state index contributed by atoms with van der Waals surface area (Å²) in [5.41, 5.74) is -0.441. The number of hydrogen-bond donors (Lipinski definition) is 0. The van der Waals surface area contributed by atoms with E-state index in [1.54, 1.807) is 0 Å². The minimum Gasteiger partial charge on any atom is -0.362 e. The maximum absolute atomic E-state index is 12.1. The van der Waals surface area contributed by atoms with Crippen molar-refractivity contribution in [1.29, 1.82) is 0 Å². The first kappa shape index (κ1) is 11.7. The molecule has 1 rings (SSSR count). The zero-order valence-electron chi connectivity index (χ0n) is 9.96. The van der Waals surface area contributed by atoms with Gasteiger partial charge in [0.2, 0.25) is 0 Å². The van der Waals surface area contributed by atoms with Gasteiger partial charge in [-0.1, -0.05) is 27.7 Å². The smallest absolute Gasteiger partial charge is 0.170 e. The predicted molar refractivity (Wildman–Crippen MR) is 57.1 cm³/mol. The third-order valence-electron chi connectivity index (χ3n) is 2.97. The molecule has 0 aromatic rings. The average Bonchev–Trinajstić information content (AvgIpc) is 2.79. The van der Waals surface area contributed by atoms with E-state index in [0.717, 1.165) is 6.42 Å². The lowest BCUT2D eigenvalue weighted by Gasteiger charge is -2.23. The number of ketones is 1. The zero-order valence-corrected chi connectivity index (χ0v) is 9.96. The van der Waals surface area contributed by atoms with Crippen molar-refractivity contribution in [3.8, 4) is 0 Å². The number of Topliss-reactive ketones (excluding diaryl/α,β-unsaturated/α-hetero) is 1. The minimum atomic E-state index is -0.441. The highest BCUT2D eigenvalue weighted by Gasteiger charge is 2.49. The molecule has 2 heteroatoms. The Labute approximate surface area is 87.0 Å². The Morgan fingerprint density at radius 1 is 1.36 bits per heavy atom. The fourth-order valence-electron chi connectivity index (χ4n) is 1.83. The van der Waals surface area contributed by atoms with Gasteiger partial charge in [0.15, 0.2) is 5.78 Å². The van der Waals surface area contributed by atoms with Gasteiger partial charge in [0.25, 0.3) is 0 Å². The van der Waals surface area contributed by atoms with Crippen LogP contribution < -0.4 is 0 Å². The van der Waals surface area contributed by atoms with Crippen molar-refractivity contribution in [2.45, 2.75) is 46.6 Å². The van der Waals surface area contributed by atoms with E-state index in [2.05, 4.69) is 27.7 Å². The maximum Gasteiger partial charge on any atom is 0.170 e. The topological polar surface area (TPSA) is 29.6 Å². The number of hydrogen-bond acceptors (Lipinski definition) is 2. The normalized spacial score (nSPS) is 28.2. The molecule has 0 aromatic carbocycles. The van der Waals surface area contributed by atoms with Crippen molar-refractivity contribution >= 4 is 5.78 Å². The molecule has 0 spiro atoms. The predicted octanol–water partition coefficient (Wildman–Crippen LogP) is 2.66. The van der Waals surface area contributed by atoms with Gasteiger partial charge >= 0.3 is 0 Å². The van der Waals surface area contributed by atoms with Crippen LogP contribution in [0.3, 0.4) is 0 Å². The monoisotopic (exact) mass is 198 g/mol. The van der Waals surface area contributed by atoms with Crippen molar-refractivity contribution in [2.75, 3.05) is 6.61 Å². The molecule has 1 fully saturated rings. The van der Waals surface area contributed by atoms with E-state index >= 15 is 0 Å². The van der Waals surface area contributed by atoms with Crippen LogP contribution in [-0.4, -0.2) is 18.0 Å². The maximum atomic E-state index is 12.1. The molecule has 0 N–H and O–H groups in total. The number of carbonyl (C=O) groups is 1. The van der Waals surface area contributed by atoms with E-state index in [-0.39, 0.29) is 5.92 Å². The largest absolute Gasteiger partial charge is 0.362 e. The molecule has 0 aromatic heterocycles. The molecule has 2 unspecified atom stereocenters. The lowest BCUT2D eigenvalue weighted by atomic mass is 9.80. The first-order valence-electron chi connectivity index (χ1n) is 5.55. The van der Waals surface area contributed by atoms with Gasteiger partial charge in [0.05, 0.1) is 6.61 Å². The van der Waals surface area contributed by atoms with Gasteiger partial charge in [-0.05, 0) is 25.2 Å². The number of rotatable bonds is 5. The van der Waals surface area contributed by atoms with Crippen LogP contribution in [0.15, 0.2) is 0 Å². The van der Waals surface area contributed by atoms with Crippen LogP contribution in [0.5, 0.6) is 0 Å². The molecule has 1 aliphatic rings. The van der Waals surface area contributed by atoms with Crippen LogP contribution in [0.1, 0.15) is 41.0 Å². The second-order valence-electron chi connectivity index (χ2n) is 5.36. The first-order valence-corrected chi connectivity index (χ1v) is 5.55. The fourth-order valence-corrected chi connectivity index (χ4v) is 1.83. The summed E-state index contributed by atoms with van der Waals surface area (Å²) in [6.07, 6.45) is 0.982. The molecule has 1 aliphatic heterocycles. The minimum absolute atomic E-state index is 0.169. The summed E-state index contributed by atoms with van der Waals surface area (Å²) in [6, 6.07) is 0. The molecule has 2 atom stereocenters. The van der Waals surface area contributed by atoms with Gasteiger partial charge in [-0.3, -0.25) is 4.79 Å². The molecule has 0 radical (unpaired) electrons. The SMILES string of the molecule is CC(C)CC(C(=O)C1(C)CO1)C(C)C. The molecular weight excluding hydrogens is 176 g/mol. The average molecular weight is 198 g/mol. The van der Waals surface area contributed by atoms with Crippen LogP contribution in [0.2, 0.25) is 0 Å². The summed E-state index contributed by atoms with van der Waals surface area (Å²) in [5, 5.41) is 0. The summed E-state index contributed by atoms with van der Waals surface area (Å²) >= 11 is 0. The number of ether oxygens (including phenoxy) is 1. The third kappa shape index (κ3) is 2.57. The van der Waals surface area contributed by atoms with Crippen LogP contribution in [-0.2, 0) is 9.53 Å². The fraction of sp³-hybridized carbons (Fsp3) is 0.917. The van der Waals surface area contributed by atoms with E-state index in [9.17, 15) is 4.79 Å². The molecule has 14 heavy (non-hydrogen) atoms. The highest BCUT2D eigenvalue weighted by Crippen LogP contribution is 2.34. The van der Waals surface area contributed by atoms with E-state index in [1.165, 1.54) is 0 Å². The van der Waals surface area contributed by atoms with Crippen molar-refractivity contribution in [1.82, 2.24) is 0 Å². The van der Waals surface area contributed by atoms with Gasteiger partial charge in [0.1, 0.15) is 5.60 Å². The molecule has 1 heterocycles. The Balaban J connectivity index is 2.62. The number of carbonyl (C=O) groups excluding carboxylic acids is 1. The van der Waals surface area contributed by atoms with Crippen molar-refractivity contribution in [2.24, 2.45) is 17.8 Å². The molecule has 82 valence electrons. The summed E-state index contributed by atoms with van der Waals surface area (Å²) in [7, 11) is 0. The van der Waals surface area contributed by atoms with Crippen LogP contribution >= 0.6 is 0 Å². The van der Waals surface area contributed by atoms with Gasteiger partial charge in [-0.25, -0.2) is 0 Å². The first-order chi connectivity index (χ1) is 6.37. The highest BCUT2D eigenvalue weighted by molar-refractivity contribution is 5.91. The summed E-state index contributed by atoms with van der Waals surface area (Å²) in [5.74, 6) is 1.48. The summed E-state index contributed by atoms with van der Waals surface area (Å²) in [4.78, 5) is 12.1. The lowest BCUT2D eigenvalue weighted by molar-refractivity contribution is -0.129. The third-order valence-corrected chi connectivity index (χ3v) is 2.97. The zero-order chi connectivity index (χ0) is 10.9. The van der Waals surface area contributed by atoms with Gasteiger partial charge in [-0.2, -0.15) is 0 Å². The van der Waals surface area contributed by atoms with E-state index < -0.39 is 5.60 Å². The standard InChI is InChI=1S/C12H22O2/c1-8(2)6-10(9(3)4)11(13)12(5)7-14-12/h8-10H,6-7H2,1-5H3. The Kier molecular flexibility index (Phi) is 3.36. The Morgan fingerprint density at radius 3 is 2.14 bits per heavy atom. The van der Waals surface area contributed by atoms with Crippen LogP contribution in [0, 0.1) is 17.8 Å². The highest BCUT2D eigenvalue weighted by atomic mass is 16.6. The molecule has 0 bridgehead atoms. The molecule has 2 nitrogen and oxygen atoms in total. The van der Waals surface area contributed by atoms with E-state index in [4.69, 9.17) is 4.74 Å². The Hall–Kier alpha value is -0.370. The van der Waals surface area contributed by atoms with Crippen LogP contribution in [0.4, 0.5) is 0 Å². The molecular formula is C12H22O2. The Bertz CT molecular complexity index is 214. The van der Waals surface area contributed by atoms with Crippen molar-refractivity contribution in [3.63, 3.8) is 0 Å². The second-order valence-corrected chi connectivity index (χ2v) is 5.36. The Morgan fingerprint density at radius 2 is 1.86 bits per heavy atom. The van der Waals surface area contributed by atoms with Gasteiger partial charge < -0.3 is 4.74 Å². The second kappa shape index (κ2) is 4.01. The molecule has 1 saturated heterocycles. The van der Waals surface area contributed by atoms with Crippen molar-refractivity contribution < 1.29 is 9.53 Å². The quantitative estimate of drug-likeness (QED) is 0.636. The van der Waals surface area contributed by atoms with Crippen LogP contribution in [0.25, 0.3) is 0 Å². The van der Waals surface area contributed by atoms with E-state index in [1.807, 2.05) is 6.92 Å². The molecule has 0 saturated carbocycles. The summed E-state index contributed by atoms with van der Waals surface area (Å²) < 4.78 is 5.22. The number of epoxide rings is 1. The summed E-state index contributed by atoms with van der Waals surface area (Å²) in [6.45, 7) is 11.1. The lowest BCUT2D eigenvalue weighted by Crippen LogP contribution is -2.32. The van der Waals surface area contributed by atoms with E-state index in [0.29, 0.717) is 24.2 Å². The van der Waals surface area contributed by atoms with Gasteiger partial charge in [-0.15, -0.1) is 0 Å². The molecule has 0 aliphatic carbocycles. The molecule has 0 amide bonds.